The maximum atomic E-state index is 11.7. The normalized spacial score (nSPS) is 11.9. The molecule has 0 aliphatic rings. The third-order valence-electron chi connectivity index (χ3n) is 2.39. The van der Waals surface area contributed by atoms with Crippen molar-refractivity contribution in [2.24, 2.45) is 0 Å². The smallest absolute Gasteiger partial charge is 0.333 e. The van der Waals surface area contributed by atoms with Gasteiger partial charge in [-0.2, -0.15) is 4.52 Å². The van der Waals surface area contributed by atoms with Crippen LogP contribution >= 0.6 is 0 Å². The fourth-order valence-electron chi connectivity index (χ4n) is 1.57. The quantitative estimate of drug-likeness (QED) is 0.452. The van der Waals surface area contributed by atoms with Crippen molar-refractivity contribution < 1.29 is 19.1 Å². The zero-order valence-corrected chi connectivity index (χ0v) is 11.1. The van der Waals surface area contributed by atoms with E-state index in [2.05, 4.69) is 26.4 Å². The van der Waals surface area contributed by atoms with Crippen molar-refractivity contribution in [3.05, 3.63) is 41.1 Å². The molecule has 0 saturated carbocycles. The molecule has 21 heavy (non-hydrogen) atoms. The molecule has 0 aromatic carbocycles. The zero-order chi connectivity index (χ0) is 15.4. The number of nitrogens with zero attached hydrogens (tertiary/aromatic N) is 3. The van der Waals surface area contributed by atoms with Crippen LogP contribution in [0.1, 0.15) is 12.6 Å². The summed E-state index contributed by atoms with van der Waals surface area (Å²) in [5.41, 5.74) is -0.189. The molecule has 1 N–H and O–H groups in total. The van der Waals surface area contributed by atoms with Gasteiger partial charge in [0.2, 0.25) is 6.29 Å². The minimum Gasteiger partial charge on any atom is -0.425 e. The summed E-state index contributed by atoms with van der Waals surface area (Å²) < 4.78 is 10.7. The summed E-state index contributed by atoms with van der Waals surface area (Å²) in [6.07, 6.45) is 0.966. The van der Waals surface area contributed by atoms with E-state index in [1.54, 1.807) is 0 Å². The Morgan fingerprint density at radius 1 is 1.52 bits per heavy atom. The van der Waals surface area contributed by atoms with Gasteiger partial charge in [0, 0.05) is 19.1 Å². The second-order valence-electron chi connectivity index (χ2n) is 3.98. The summed E-state index contributed by atoms with van der Waals surface area (Å²) in [4.78, 5) is 42.1. The van der Waals surface area contributed by atoms with Crippen molar-refractivity contribution in [1.82, 2.24) is 19.6 Å². The molecule has 2 aromatic heterocycles. The molecule has 2 aromatic rings. The van der Waals surface area contributed by atoms with Gasteiger partial charge in [-0.25, -0.2) is 14.8 Å². The minimum atomic E-state index is -1.06. The van der Waals surface area contributed by atoms with Gasteiger partial charge < -0.3 is 9.47 Å². The first-order valence-electron chi connectivity index (χ1n) is 5.94. The van der Waals surface area contributed by atoms with Crippen LogP contribution in [0.4, 0.5) is 0 Å². The van der Waals surface area contributed by atoms with Gasteiger partial charge in [0.15, 0.2) is 0 Å². The Hall–Kier alpha value is -2.97. The van der Waals surface area contributed by atoms with Crippen LogP contribution in [0, 0.1) is 0 Å². The standard InChI is InChI=1S/C12H12N4O5/c1-3-10(18)20-7(2)21-11(19)5-8-4-9(17)16-12(15-8)13-6-14-16/h3-4,6-7H,1,5H2,2H3,(H,13,14,15). The predicted octanol–water partition coefficient (Wildman–Crippen LogP) is -0.422. The van der Waals surface area contributed by atoms with Crippen molar-refractivity contribution in [3.8, 4) is 0 Å². The van der Waals surface area contributed by atoms with E-state index in [0.29, 0.717) is 0 Å². The number of hydrogen-bond donors (Lipinski definition) is 1. The van der Waals surface area contributed by atoms with Gasteiger partial charge in [-0.05, 0) is 0 Å². The molecule has 0 radical (unpaired) electrons. The Labute approximate surface area is 118 Å². The lowest BCUT2D eigenvalue weighted by molar-refractivity contribution is -0.180. The third kappa shape index (κ3) is 3.53. The molecule has 9 heteroatoms. The van der Waals surface area contributed by atoms with Gasteiger partial charge in [-0.1, -0.05) is 6.58 Å². The zero-order valence-electron chi connectivity index (χ0n) is 11.1. The van der Waals surface area contributed by atoms with Crippen molar-refractivity contribution in [1.29, 1.82) is 0 Å². The average molecular weight is 292 g/mol. The van der Waals surface area contributed by atoms with Gasteiger partial charge in [0.05, 0.1) is 12.1 Å². The molecule has 2 rings (SSSR count). The highest BCUT2D eigenvalue weighted by Gasteiger charge is 2.15. The Morgan fingerprint density at radius 2 is 2.29 bits per heavy atom. The highest BCUT2D eigenvalue weighted by Crippen LogP contribution is 2.01. The van der Waals surface area contributed by atoms with Crippen LogP contribution in [0.15, 0.2) is 29.8 Å². The number of nitrogens with one attached hydrogen (secondary N) is 1. The summed E-state index contributed by atoms with van der Waals surface area (Å²) in [5, 5.41) is 2.58. The van der Waals surface area contributed by atoms with Gasteiger partial charge in [-0.15, -0.1) is 0 Å². The largest absolute Gasteiger partial charge is 0.425 e. The summed E-state index contributed by atoms with van der Waals surface area (Å²) >= 11 is 0. The first kappa shape index (κ1) is 14.4. The van der Waals surface area contributed by atoms with Crippen LogP contribution in [0.3, 0.4) is 0 Å². The Kier molecular flexibility index (Phi) is 4.12. The Balaban J connectivity index is 2.02. The monoisotopic (exact) mass is 292 g/mol. The number of carbonyl (C=O) groups excluding carboxylic acids is 2. The van der Waals surface area contributed by atoms with E-state index in [4.69, 9.17) is 4.74 Å². The minimum absolute atomic E-state index is 0.149. The lowest BCUT2D eigenvalue weighted by atomic mass is 10.3. The fraction of sp³-hybridized carbons (Fsp3) is 0.250. The van der Waals surface area contributed by atoms with E-state index in [-0.39, 0.29) is 17.9 Å². The maximum Gasteiger partial charge on any atom is 0.333 e. The van der Waals surface area contributed by atoms with E-state index < -0.39 is 23.8 Å². The van der Waals surface area contributed by atoms with Crippen LogP contribution in [-0.2, 0) is 25.5 Å². The summed E-state index contributed by atoms with van der Waals surface area (Å²) in [6, 6.07) is 1.19. The van der Waals surface area contributed by atoms with Crippen LogP contribution in [0.5, 0.6) is 0 Å². The number of esters is 2. The number of rotatable bonds is 5. The summed E-state index contributed by atoms with van der Waals surface area (Å²) in [5.74, 6) is -1.24. The number of ether oxygens (including phenoxy) is 2. The van der Waals surface area contributed by atoms with Crippen molar-refractivity contribution in [2.45, 2.75) is 19.6 Å². The molecule has 110 valence electrons. The lowest BCUT2D eigenvalue weighted by Crippen LogP contribution is -2.23. The highest BCUT2D eigenvalue weighted by atomic mass is 16.7. The number of hydrogen-bond acceptors (Lipinski definition) is 7. The van der Waals surface area contributed by atoms with Gasteiger partial charge in [-0.3, -0.25) is 14.7 Å². The molecule has 0 spiro atoms. The molecule has 1 atom stereocenters. The van der Waals surface area contributed by atoms with Crippen molar-refractivity contribution in [3.63, 3.8) is 0 Å². The number of carbonyl (C=O) groups is 2. The van der Waals surface area contributed by atoms with Crippen LogP contribution < -0.4 is 5.56 Å². The predicted molar refractivity (Wildman–Crippen MR) is 69.2 cm³/mol. The number of H-pyrrole nitrogens is 1. The van der Waals surface area contributed by atoms with Crippen LogP contribution in [0.2, 0.25) is 0 Å². The first-order chi connectivity index (χ1) is 9.99. The Bertz CT molecular complexity index is 747. The van der Waals surface area contributed by atoms with Crippen LogP contribution in [0.25, 0.3) is 5.78 Å². The van der Waals surface area contributed by atoms with E-state index >= 15 is 0 Å². The highest BCUT2D eigenvalue weighted by molar-refractivity contribution is 5.81. The number of fused-ring (bicyclic) bond motifs is 1. The molecule has 0 saturated heterocycles. The van der Waals surface area contributed by atoms with Gasteiger partial charge >= 0.3 is 11.9 Å². The van der Waals surface area contributed by atoms with Crippen molar-refractivity contribution in [2.75, 3.05) is 0 Å². The molecule has 9 nitrogen and oxygen atoms in total. The molecule has 0 aliphatic carbocycles. The van der Waals surface area contributed by atoms with Gasteiger partial charge in [0.1, 0.15) is 6.33 Å². The fourth-order valence-corrected chi connectivity index (χ4v) is 1.57. The molecule has 0 fully saturated rings. The first-order valence-corrected chi connectivity index (χ1v) is 5.94. The molecule has 0 aliphatic heterocycles. The van der Waals surface area contributed by atoms with Gasteiger partial charge in [0.25, 0.3) is 11.3 Å². The topological polar surface area (TPSA) is 116 Å². The second kappa shape index (κ2) is 5.99. The van der Waals surface area contributed by atoms with E-state index in [0.717, 1.165) is 10.6 Å². The second-order valence-corrected chi connectivity index (χ2v) is 3.98. The molecule has 0 bridgehead atoms. The average Bonchev–Trinajstić information content (AvgIpc) is 2.86. The number of aromatic nitrogens is 4. The lowest BCUT2D eigenvalue weighted by Gasteiger charge is -2.12. The van der Waals surface area contributed by atoms with Crippen molar-refractivity contribution >= 4 is 17.7 Å². The van der Waals surface area contributed by atoms with Crippen LogP contribution in [-0.4, -0.2) is 37.8 Å². The summed E-state index contributed by atoms with van der Waals surface area (Å²) in [7, 11) is 0. The van der Waals surface area contributed by atoms with E-state index in [9.17, 15) is 14.4 Å². The maximum absolute atomic E-state index is 11.7. The number of aromatic amines is 1. The molecule has 1 unspecified atom stereocenters. The molecular formula is C12H12N4O5. The SMILES string of the molecule is C=CC(=O)OC(C)OC(=O)Cc1cc(=O)n2[nH]cnc2n1. The molecule has 2 heterocycles. The third-order valence-corrected chi connectivity index (χ3v) is 2.39. The summed E-state index contributed by atoms with van der Waals surface area (Å²) in [6.45, 7) is 4.61. The van der Waals surface area contributed by atoms with E-state index in [1.807, 2.05) is 0 Å². The molecule has 0 amide bonds. The Morgan fingerprint density at radius 3 is 3.00 bits per heavy atom. The van der Waals surface area contributed by atoms with E-state index in [1.165, 1.54) is 19.3 Å². The molecular weight excluding hydrogens is 280 g/mol.